The molecule has 33 heavy (non-hydrogen) atoms. The molecule has 0 spiro atoms. The maximum Gasteiger partial charge on any atom is 0.317 e. The first kappa shape index (κ1) is 23.9. The number of aromatic amines is 1. The highest BCUT2D eigenvalue weighted by atomic mass is 32.1. The summed E-state index contributed by atoms with van der Waals surface area (Å²) in [6.45, 7) is 10.0. The van der Waals surface area contributed by atoms with Gasteiger partial charge in [0.1, 0.15) is 10.7 Å². The molecular formula is C24H33N5O2S2. The molecule has 1 saturated heterocycles. The third-order valence-corrected chi connectivity index (χ3v) is 7.88. The number of piperazine rings is 1. The largest absolute Gasteiger partial charge is 0.336 e. The van der Waals surface area contributed by atoms with E-state index in [2.05, 4.69) is 36.0 Å². The van der Waals surface area contributed by atoms with Crippen LogP contribution < -0.4 is 10.9 Å². The third kappa shape index (κ3) is 6.02. The van der Waals surface area contributed by atoms with E-state index in [4.69, 9.17) is 4.98 Å². The molecule has 4 heterocycles. The molecule has 0 radical (unpaired) electrons. The predicted molar refractivity (Wildman–Crippen MR) is 137 cm³/mol. The number of carbonyl (C=O) groups excluding carboxylic acids is 1. The lowest BCUT2D eigenvalue weighted by Gasteiger charge is -2.35. The summed E-state index contributed by atoms with van der Waals surface area (Å²) in [6, 6.07) is 4.24. The number of carbonyl (C=O) groups is 1. The maximum atomic E-state index is 12.8. The van der Waals surface area contributed by atoms with Crippen molar-refractivity contribution in [2.24, 2.45) is 5.92 Å². The Hall–Kier alpha value is -2.23. The van der Waals surface area contributed by atoms with Crippen molar-refractivity contribution in [3.8, 4) is 10.4 Å². The molecule has 4 rings (SSSR count). The average molecular weight is 488 g/mol. The standard InChI is InChI=1S/C24H33N5O2S2/c1-16(2)6-4-7-17(3)25-24(31)29-11-9-28(10-12-29)14-20-26-22(30)21-18(15-33-23(21)27-20)19-8-5-13-32-19/h5,8,13,15-17H,4,6-7,9-12,14H2,1-3H3,(H,25,31)(H,26,27,30)/t17-/m1/s1. The topological polar surface area (TPSA) is 81.3 Å². The molecule has 0 bridgehead atoms. The first-order valence-corrected chi connectivity index (χ1v) is 13.5. The van der Waals surface area contributed by atoms with E-state index in [9.17, 15) is 9.59 Å². The normalized spacial score (nSPS) is 15.9. The molecule has 1 fully saturated rings. The highest BCUT2D eigenvalue weighted by molar-refractivity contribution is 7.18. The number of nitrogens with one attached hydrogen (secondary N) is 2. The van der Waals surface area contributed by atoms with Gasteiger partial charge in [-0.25, -0.2) is 9.78 Å². The van der Waals surface area contributed by atoms with Crippen molar-refractivity contribution in [3.63, 3.8) is 0 Å². The minimum atomic E-state index is -0.0795. The Morgan fingerprint density at radius 3 is 2.67 bits per heavy atom. The molecular weight excluding hydrogens is 454 g/mol. The number of fused-ring (bicyclic) bond motifs is 1. The molecule has 178 valence electrons. The molecule has 3 aromatic rings. The van der Waals surface area contributed by atoms with Crippen LogP contribution in [0.3, 0.4) is 0 Å². The SMILES string of the molecule is CC(C)CCC[C@@H](C)NC(=O)N1CCN(Cc2nc3scc(-c4cccs4)c3c(=O)[nH]2)CC1. The number of H-pyrrole nitrogens is 1. The van der Waals surface area contributed by atoms with Crippen LogP contribution in [0.1, 0.15) is 45.9 Å². The van der Waals surface area contributed by atoms with E-state index in [-0.39, 0.29) is 17.6 Å². The Kier molecular flexibility index (Phi) is 7.82. The van der Waals surface area contributed by atoms with E-state index in [1.54, 1.807) is 11.3 Å². The summed E-state index contributed by atoms with van der Waals surface area (Å²) in [5, 5.41) is 7.85. The minimum absolute atomic E-state index is 0.0272. The monoisotopic (exact) mass is 487 g/mol. The van der Waals surface area contributed by atoms with Crippen LogP contribution in [0.2, 0.25) is 0 Å². The molecule has 0 aromatic carbocycles. The maximum absolute atomic E-state index is 12.8. The third-order valence-electron chi connectivity index (χ3n) is 6.10. The zero-order valence-corrected chi connectivity index (χ0v) is 21.2. The lowest BCUT2D eigenvalue weighted by atomic mass is 10.0. The fraction of sp³-hybridized carbons (Fsp3) is 0.542. The first-order chi connectivity index (χ1) is 15.9. The van der Waals surface area contributed by atoms with Crippen LogP contribution in [0, 0.1) is 5.92 Å². The molecule has 0 unspecified atom stereocenters. The summed E-state index contributed by atoms with van der Waals surface area (Å²) in [7, 11) is 0. The van der Waals surface area contributed by atoms with Crippen LogP contribution in [0.4, 0.5) is 4.79 Å². The Balaban J connectivity index is 1.30. The summed E-state index contributed by atoms with van der Waals surface area (Å²) >= 11 is 3.14. The molecule has 1 aliphatic heterocycles. The van der Waals surface area contributed by atoms with Crippen molar-refractivity contribution < 1.29 is 4.79 Å². The molecule has 0 saturated carbocycles. The van der Waals surface area contributed by atoms with Gasteiger partial charge in [0.25, 0.3) is 5.56 Å². The van der Waals surface area contributed by atoms with Crippen molar-refractivity contribution in [1.82, 2.24) is 25.1 Å². The van der Waals surface area contributed by atoms with Gasteiger partial charge in [-0.3, -0.25) is 9.69 Å². The summed E-state index contributed by atoms with van der Waals surface area (Å²) in [4.78, 5) is 39.1. The van der Waals surface area contributed by atoms with E-state index >= 15 is 0 Å². The summed E-state index contributed by atoms with van der Waals surface area (Å²) in [5.41, 5.74) is 0.882. The lowest BCUT2D eigenvalue weighted by Crippen LogP contribution is -2.53. The zero-order chi connectivity index (χ0) is 23.4. The lowest BCUT2D eigenvalue weighted by molar-refractivity contribution is 0.131. The summed E-state index contributed by atoms with van der Waals surface area (Å²) < 4.78 is 0. The van der Waals surface area contributed by atoms with Crippen LogP contribution in [0.15, 0.2) is 27.7 Å². The first-order valence-electron chi connectivity index (χ1n) is 11.7. The van der Waals surface area contributed by atoms with Gasteiger partial charge in [0.05, 0.1) is 11.9 Å². The van der Waals surface area contributed by atoms with Gasteiger partial charge < -0.3 is 15.2 Å². The molecule has 3 aromatic heterocycles. The van der Waals surface area contributed by atoms with E-state index in [1.807, 2.05) is 27.8 Å². The molecule has 9 heteroatoms. The van der Waals surface area contributed by atoms with E-state index in [0.29, 0.717) is 36.8 Å². The molecule has 1 atom stereocenters. The molecule has 7 nitrogen and oxygen atoms in total. The smallest absolute Gasteiger partial charge is 0.317 e. The second-order valence-corrected chi connectivity index (χ2v) is 11.1. The van der Waals surface area contributed by atoms with Gasteiger partial charge in [0.15, 0.2) is 0 Å². The number of urea groups is 1. The van der Waals surface area contributed by atoms with Crippen molar-refractivity contribution in [1.29, 1.82) is 0 Å². The molecule has 2 amide bonds. The second kappa shape index (κ2) is 10.8. The molecule has 1 aliphatic rings. The van der Waals surface area contributed by atoms with Crippen LogP contribution >= 0.6 is 22.7 Å². The fourth-order valence-electron chi connectivity index (χ4n) is 4.21. The Morgan fingerprint density at radius 1 is 1.18 bits per heavy atom. The Morgan fingerprint density at radius 2 is 1.97 bits per heavy atom. The number of amides is 2. The van der Waals surface area contributed by atoms with E-state index in [1.165, 1.54) is 17.8 Å². The number of hydrogen-bond acceptors (Lipinski definition) is 6. The van der Waals surface area contributed by atoms with Crippen molar-refractivity contribution in [2.45, 2.75) is 52.6 Å². The molecule has 0 aliphatic carbocycles. The number of nitrogens with zero attached hydrogens (tertiary/aromatic N) is 3. The van der Waals surface area contributed by atoms with Gasteiger partial charge in [0, 0.05) is 48.0 Å². The van der Waals surface area contributed by atoms with Gasteiger partial charge in [-0.05, 0) is 30.7 Å². The second-order valence-electron chi connectivity index (χ2n) is 9.26. The van der Waals surface area contributed by atoms with Gasteiger partial charge in [-0.2, -0.15) is 0 Å². The summed E-state index contributed by atoms with van der Waals surface area (Å²) in [5.74, 6) is 1.39. The van der Waals surface area contributed by atoms with Crippen molar-refractivity contribution >= 4 is 38.9 Å². The minimum Gasteiger partial charge on any atom is -0.336 e. The Bertz CT molecular complexity index is 1110. The van der Waals surface area contributed by atoms with Gasteiger partial charge in [-0.1, -0.05) is 32.8 Å². The van der Waals surface area contributed by atoms with Gasteiger partial charge >= 0.3 is 6.03 Å². The van der Waals surface area contributed by atoms with Gasteiger partial charge in [-0.15, -0.1) is 22.7 Å². The molecule has 2 N–H and O–H groups in total. The van der Waals surface area contributed by atoms with Crippen LogP contribution in [-0.2, 0) is 6.54 Å². The van der Waals surface area contributed by atoms with Crippen LogP contribution in [0.25, 0.3) is 20.7 Å². The van der Waals surface area contributed by atoms with E-state index in [0.717, 1.165) is 41.2 Å². The van der Waals surface area contributed by atoms with Crippen molar-refractivity contribution in [2.75, 3.05) is 26.2 Å². The number of rotatable bonds is 8. The van der Waals surface area contributed by atoms with Crippen LogP contribution in [-0.4, -0.2) is 58.0 Å². The Labute approximate surface area is 202 Å². The van der Waals surface area contributed by atoms with Crippen LogP contribution in [0.5, 0.6) is 0 Å². The van der Waals surface area contributed by atoms with Crippen molar-refractivity contribution in [3.05, 3.63) is 39.1 Å². The van der Waals surface area contributed by atoms with E-state index < -0.39 is 0 Å². The zero-order valence-electron chi connectivity index (χ0n) is 19.6. The predicted octanol–water partition coefficient (Wildman–Crippen LogP) is 4.76. The highest BCUT2D eigenvalue weighted by Gasteiger charge is 2.23. The summed E-state index contributed by atoms with van der Waals surface area (Å²) in [6.07, 6.45) is 3.35. The highest BCUT2D eigenvalue weighted by Crippen LogP contribution is 2.33. The van der Waals surface area contributed by atoms with Gasteiger partial charge in [0.2, 0.25) is 0 Å². The fourth-order valence-corrected chi connectivity index (χ4v) is 5.99. The number of hydrogen-bond donors (Lipinski definition) is 2. The number of thiophene rings is 2. The quantitative estimate of drug-likeness (QED) is 0.480. The average Bonchev–Trinajstić information content (AvgIpc) is 3.44. The number of aromatic nitrogens is 2.